The molecular formula is C10H10Cl2Ni. The molecule has 0 atom stereocenters. The predicted octanol–water partition coefficient (Wildman–Crippen LogP) is 3.99. The van der Waals surface area contributed by atoms with Gasteiger partial charge in [0.05, 0.1) is 0 Å². The summed E-state index contributed by atoms with van der Waals surface area (Å²) in [5.41, 5.74) is 0. The van der Waals surface area contributed by atoms with Crippen molar-refractivity contribution < 1.29 is 12.7 Å². The van der Waals surface area contributed by atoms with E-state index in [1.165, 1.54) is 0 Å². The van der Waals surface area contributed by atoms with Crippen molar-refractivity contribution in [2.24, 2.45) is 0 Å². The van der Waals surface area contributed by atoms with Crippen LogP contribution in [0.25, 0.3) is 0 Å². The quantitative estimate of drug-likeness (QED) is 0.456. The van der Waals surface area contributed by atoms with Gasteiger partial charge in [-0.2, -0.15) is 12.2 Å². The monoisotopic (exact) mass is 258 g/mol. The fraction of sp³-hybridized carbons (Fsp3) is 0.200. The van der Waals surface area contributed by atoms with Crippen LogP contribution in [0.1, 0.15) is 12.8 Å². The molecule has 0 aromatic carbocycles. The Morgan fingerprint density at radius 2 is 1.31 bits per heavy atom. The molecule has 0 amide bonds. The van der Waals surface area contributed by atoms with Gasteiger partial charge in [0.2, 0.25) is 0 Å². The van der Waals surface area contributed by atoms with Gasteiger partial charge in [-0.15, -0.1) is 12.8 Å². The Balaban J connectivity index is 0.000000174. The van der Waals surface area contributed by atoms with Gasteiger partial charge in [-0.05, 0) is 0 Å². The Bertz CT molecular complexity index is 163. The third-order valence-corrected chi connectivity index (χ3v) is 1.17. The molecule has 0 aliphatic heterocycles. The second kappa shape index (κ2) is 12.0. The van der Waals surface area contributed by atoms with E-state index in [-0.39, 0.29) is 0 Å². The van der Waals surface area contributed by atoms with E-state index < -0.39 is 0 Å². The Labute approximate surface area is 94.3 Å². The average molecular weight is 260 g/mol. The van der Waals surface area contributed by atoms with E-state index in [2.05, 4.69) is 24.3 Å². The third-order valence-electron chi connectivity index (χ3n) is 1.17. The molecule has 2 aliphatic rings. The first-order valence-electron chi connectivity index (χ1n) is 3.67. The van der Waals surface area contributed by atoms with Crippen molar-refractivity contribution in [3.05, 3.63) is 48.6 Å². The number of halogens is 2. The molecule has 0 saturated heterocycles. The summed E-state index contributed by atoms with van der Waals surface area (Å²) in [4.78, 5) is 0. The topological polar surface area (TPSA) is 0 Å². The molecule has 0 aromatic heterocycles. The number of hydrogen-bond acceptors (Lipinski definition) is 0. The molecule has 3 heteroatoms. The summed E-state index contributed by atoms with van der Waals surface area (Å²) in [5.74, 6) is 0. The second-order valence-electron chi connectivity index (χ2n) is 2.05. The van der Waals surface area contributed by atoms with Crippen molar-refractivity contribution in [3.63, 3.8) is 0 Å². The van der Waals surface area contributed by atoms with Gasteiger partial charge in [0, 0.05) is 0 Å². The van der Waals surface area contributed by atoms with Crippen LogP contribution >= 0.6 is 20.4 Å². The van der Waals surface area contributed by atoms with Crippen LogP contribution in [0.2, 0.25) is 0 Å². The molecule has 74 valence electrons. The van der Waals surface area contributed by atoms with E-state index in [4.69, 9.17) is 20.4 Å². The zero-order chi connectivity index (χ0) is 9.78. The van der Waals surface area contributed by atoms with E-state index >= 15 is 0 Å². The van der Waals surface area contributed by atoms with Crippen LogP contribution in [0.5, 0.6) is 0 Å². The molecule has 0 N–H and O–H groups in total. The van der Waals surface area contributed by atoms with Crippen LogP contribution in [0.3, 0.4) is 0 Å². The summed E-state index contributed by atoms with van der Waals surface area (Å²) in [7, 11) is 9.40. The Morgan fingerprint density at radius 3 is 1.38 bits per heavy atom. The summed E-state index contributed by atoms with van der Waals surface area (Å²) < 4.78 is 0. The van der Waals surface area contributed by atoms with E-state index in [1.807, 2.05) is 24.3 Å². The third kappa shape index (κ3) is 12.0. The summed E-state index contributed by atoms with van der Waals surface area (Å²) in [6, 6.07) is 0. The summed E-state index contributed by atoms with van der Waals surface area (Å²) in [6.07, 6.45) is 20.0. The molecule has 0 aromatic rings. The van der Waals surface area contributed by atoms with Gasteiger partial charge in [-0.3, -0.25) is 12.2 Å². The minimum atomic E-state index is 0.569. The van der Waals surface area contributed by atoms with Gasteiger partial charge in [0.25, 0.3) is 0 Å². The van der Waals surface area contributed by atoms with Crippen molar-refractivity contribution in [2.75, 3.05) is 0 Å². The van der Waals surface area contributed by atoms with Crippen molar-refractivity contribution in [3.8, 4) is 0 Å². The van der Waals surface area contributed by atoms with Crippen LogP contribution in [-0.4, -0.2) is 0 Å². The minimum absolute atomic E-state index is 0.569. The molecule has 0 heterocycles. The van der Waals surface area contributed by atoms with Crippen molar-refractivity contribution in [1.82, 2.24) is 0 Å². The van der Waals surface area contributed by atoms with Crippen molar-refractivity contribution in [2.45, 2.75) is 12.8 Å². The van der Waals surface area contributed by atoms with Crippen molar-refractivity contribution >= 4 is 20.4 Å². The van der Waals surface area contributed by atoms with Crippen LogP contribution < -0.4 is 0 Å². The van der Waals surface area contributed by atoms with E-state index in [1.54, 1.807) is 0 Å². The normalized spacial score (nSPS) is 15.2. The molecule has 0 spiro atoms. The van der Waals surface area contributed by atoms with Crippen LogP contribution in [0.15, 0.2) is 36.5 Å². The van der Waals surface area contributed by atoms with Gasteiger partial charge < -0.3 is 0 Å². The molecule has 0 unspecified atom stereocenters. The molecule has 0 bridgehead atoms. The first-order valence-corrected chi connectivity index (χ1v) is 6.39. The van der Waals surface area contributed by atoms with E-state index in [0.29, 0.717) is 12.7 Å². The summed E-state index contributed by atoms with van der Waals surface area (Å²) in [6.45, 7) is 0. The summed E-state index contributed by atoms with van der Waals surface area (Å²) >= 11 is 0.569. The zero-order valence-electron chi connectivity index (χ0n) is 6.95. The van der Waals surface area contributed by atoms with Crippen LogP contribution in [-0.2, 0) is 12.7 Å². The maximum absolute atomic E-state index is 4.70. The molecule has 0 radical (unpaired) electrons. The molecule has 2 rings (SSSR count). The fourth-order valence-corrected chi connectivity index (χ4v) is 0.680. The molecular weight excluding hydrogens is 250 g/mol. The van der Waals surface area contributed by atoms with Crippen LogP contribution in [0, 0.1) is 12.2 Å². The fourth-order valence-electron chi connectivity index (χ4n) is 0.680. The molecule has 13 heavy (non-hydrogen) atoms. The van der Waals surface area contributed by atoms with Gasteiger partial charge in [-0.1, -0.05) is 0 Å². The SMILES string of the molecule is [C-]1=CC=CC1.[C-]1=CC=CC1.[Cl][Ni+2][Cl]. The molecule has 0 fully saturated rings. The average Bonchev–Trinajstić information content (AvgIpc) is 2.85. The number of allylic oxidation sites excluding steroid dienone is 8. The standard InChI is InChI=1S/2C5H5.2ClH.Ni/c2*1-2-4-5-3-1;;;/h2*1-3H,4H2;2*1H;/q2*-1;;;+4/p-2. The molecule has 0 saturated carbocycles. The van der Waals surface area contributed by atoms with Gasteiger partial charge >= 0.3 is 33.0 Å². The molecule has 2 aliphatic carbocycles. The first kappa shape index (κ1) is 13.0. The number of hydrogen-bond donors (Lipinski definition) is 0. The number of rotatable bonds is 0. The van der Waals surface area contributed by atoms with Gasteiger partial charge in [0.1, 0.15) is 0 Å². The Morgan fingerprint density at radius 1 is 0.923 bits per heavy atom. The Hall–Kier alpha value is 0.0335. The van der Waals surface area contributed by atoms with Crippen LogP contribution in [0.4, 0.5) is 0 Å². The van der Waals surface area contributed by atoms with Gasteiger partial charge in [-0.25, -0.2) is 24.3 Å². The zero-order valence-corrected chi connectivity index (χ0v) is 9.45. The van der Waals surface area contributed by atoms with Gasteiger partial charge in [0.15, 0.2) is 0 Å². The van der Waals surface area contributed by atoms with E-state index in [9.17, 15) is 0 Å². The predicted molar refractivity (Wildman–Crippen MR) is 54.8 cm³/mol. The van der Waals surface area contributed by atoms with Crippen molar-refractivity contribution in [1.29, 1.82) is 0 Å². The summed E-state index contributed by atoms with van der Waals surface area (Å²) in [5, 5.41) is 0. The van der Waals surface area contributed by atoms with E-state index in [0.717, 1.165) is 12.8 Å². The maximum atomic E-state index is 4.70. The molecule has 0 nitrogen and oxygen atoms in total. The second-order valence-corrected chi connectivity index (χ2v) is 3.68. The Kier molecular flexibility index (Phi) is 12.1. The first-order chi connectivity index (χ1) is 6.41.